The molecule has 0 bridgehead atoms. The van der Waals surface area contributed by atoms with Gasteiger partial charge in [0.05, 0.1) is 18.8 Å². The first-order valence-electron chi connectivity index (χ1n) is 9.07. The minimum Gasteiger partial charge on any atom is -0.383 e. The van der Waals surface area contributed by atoms with Crippen molar-refractivity contribution in [3.63, 3.8) is 0 Å². The van der Waals surface area contributed by atoms with Crippen LogP contribution >= 0.6 is 0 Å². The van der Waals surface area contributed by atoms with Crippen molar-refractivity contribution in [2.45, 2.75) is 26.9 Å². The van der Waals surface area contributed by atoms with Crippen molar-refractivity contribution >= 4 is 5.91 Å². The Kier molecular flexibility index (Phi) is 6.18. The van der Waals surface area contributed by atoms with E-state index in [1.807, 2.05) is 18.5 Å². The molecule has 29 heavy (non-hydrogen) atoms. The van der Waals surface area contributed by atoms with Crippen molar-refractivity contribution in [1.82, 2.24) is 24.9 Å². The molecule has 0 saturated heterocycles. The molecule has 0 spiro atoms. The van der Waals surface area contributed by atoms with E-state index in [0.717, 1.165) is 21.6 Å². The molecule has 8 nitrogen and oxygen atoms in total. The number of para-hydroxylation sites is 1. The number of aromatic nitrogens is 4. The molecule has 0 radical (unpaired) electrons. The van der Waals surface area contributed by atoms with Crippen molar-refractivity contribution in [1.29, 1.82) is 0 Å². The molecule has 2 aromatic heterocycles. The van der Waals surface area contributed by atoms with Crippen LogP contribution in [-0.2, 0) is 17.8 Å². The van der Waals surface area contributed by atoms with Crippen LogP contribution in [0.25, 0.3) is 5.69 Å². The van der Waals surface area contributed by atoms with Gasteiger partial charge in [-0.1, -0.05) is 12.1 Å². The number of hydrogen-bond donors (Lipinski definition) is 1. The van der Waals surface area contributed by atoms with Gasteiger partial charge < -0.3 is 10.1 Å². The number of carbonyl (C=O) groups excluding carboxylic acids is 1. The number of nitrogens with one attached hydrogen (secondary N) is 1. The van der Waals surface area contributed by atoms with Crippen molar-refractivity contribution in [3.05, 3.63) is 75.2 Å². The fourth-order valence-electron chi connectivity index (χ4n) is 2.97. The predicted octanol–water partition coefficient (Wildman–Crippen LogP) is 1.76. The van der Waals surface area contributed by atoms with Gasteiger partial charge in [0.2, 0.25) is 0 Å². The zero-order valence-corrected chi connectivity index (χ0v) is 16.5. The summed E-state index contributed by atoms with van der Waals surface area (Å²) < 4.78 is 21.8. The van der Waals surface area contributed by atoms with E-state index in [9.17, 15) is 14.0 Å². The van der Waals surface area contributed by atoms with E-state index in [-0.39, 0.29) is 17.9 Å². The average molecular weight is 399 g/mol. The third kappa shape index (κ3) is 4.40. The van der Waals surface area contributed by atoms with E-state index in [4.69, 9.17) is 4.74 Å². The van der Waals surface area contributed by atoms with Crippen LogP contribution in [0.3, 0.4) is 0 Å². The molecule has 0 aliphatic rings. The van der Waals surface area contributed by atoms with Gasteiger partial charge in [0.25, 0.3) is 11.5 Å². The van der Waals surface area contributed by atoms with Gasteiger partial charge in [-0.15, -0.1) is 0 Å². The Morgan fingerprint density at radius 1 is 1.17 bits per heavy atom. The van der Waals surface area contributed by atoms with Crippen molar-refractivity contribution < 1.29 is 13.9 Å². The number of amides is 1. The standard InChI is InChI=1S/C20H22FN5O3/c1-13-15(14(2)25(23-13)10-11-29-3)12-22-20(28)17-8-9-19(27)26(24-17)18-7-5-4-6-16(18)21/h4-9H,10-12H2,1-3H3,(H,22,28). The molecule has 3 aromatic rings. The zero-order chi connectivity index (χ0) is 21.0. The Morgan fingerprint density at radius 2 is 1.93 bits per heavy atom. The van der Waals surface area contributed by atoms with Crippen molar-refractivity contribution in [3.8, 4) is 5.69 Å². The second-order valence-corrected chi connectivity index (χ2v) is 6.47. The second-order valence-electron chi connectivity index (χ2n) is 6.47. The molecule has 3 rings (SSSR count). The Balaban J connectivity index is 1.79. The molecule has 1 N–H and O–H groups in total. The Hall–Kier alpha value is -3.33. The molecule has 152 valence electrons. The second kappa shape index (κ2) is 8.78. The molecule has 0 saturated carbocycles. The van der Waals surface area contributed by atoms with Gasteiger partial charge >= 0.3 is 0 Å². The fourth-order valence-corrected chi connectivity index (χ4v) is 2.97. The Labute approximate surface area is 166 Å². The number of rotatable bonds is 7. The molecule has 0 aliphatic heterocycles. The number of nitrogens with zero attached hydrogens (tertiary/aromatic N) is 4. The summed E-state index contributed by atoms with van der Waals surface area (Å²) in [4.78, 5) is 24.7. The van der Waals surface area contributed by atoms with Gasteiger partial charge in [0.15, 0.2) is 0 Å². The quantitative estimate of drug-likeness (QED) is 0.654. The average Bonchev–Trinajstić information content (AvgIpc) is 2.98. The first-order chi connectivity index (χ1) is 13.9. The van der Waals surface area contributed by atoms with E-state index in [0.29, 0.717) is 13.2 Å². The molecule has 0 unspecified atom stereocenters. The third-order valence-electron chi connectivity index (χ3n) is 4.58. The number of carbonyl (C=O) groups is 1. The van der Waals surface area contributed by atoms with Crippen molar-refractivity contribution in [2.75, 3.05) is 13.7 Å². The minimum atomic E-state index is -0.602. The summed E-state index contributed by atoms with van der Waals surface area (Å²) in [6, 6.07) is 8.25. The molecule has 1 amide bonds. The lowest BCUT2D eigenvalue weighted by atomic mass is 10.2. The zero-order valence-electron chi connectivity index (χ0n) is 16.5. The van der Waals surface area contributed by atoms with Crippen LogP contribution in [0.5, 0.6) is 0 Å². The molecular formula is C20H22FN5O3. The SMILES string of the molecule is COCCn1nc(C)c(CNC(=O)c2ccc(=O)n(-c3ccccc3F)n2)c1C. The first kappa shape index (κ1) is 20.4. The summed E-state index contributed by atoms with van der Waals surface area (Å²) in [5, 5.41) is 11.3. The van der Waals surface area contributed by atoms with Crippen LogP contribution in [0.4, 0.5) is 4.39 Å². The van der Waals surface area contributed by atoms with Gasteiger partial charge in [-0.3, -0.25) is 14.3 Å². The molecule has 0 aliphatic carbocycles. The lowest BCUT2D eigenvalue weighted by Crippen LogP contribution is -2.29. The Bertz CT molecular complexity index is 1090. The van der Waals surface area contributed by atoms with E-state index < -0.39 is 17.3 Å². The largest absolute Gasteiger partial charge is 0.383 e. The highest BCUT2D eigenvalue weighted by Crippen LogP contribution is 2.13. The van der Waals surface area contributed by atoms with Gasteiger partial charge in [0, 0.05) is 31.0 Å². The summed E-state index contributed by atoms with van der Waals surface area (Å²) in [6.45, 7) is 5.20. The summed E-state index contributed by atoms with van der Waals surface area (Å²) in [5.74, 6) is -1.08. The first-order valence-corrected chi connectivity index (χ1v) is 9.07. The lowest BCUT2D eigenvalue weighted by Gasteiger charge is -2.09. The highest BCUT2D eigenvalue weighted by atomic mass is 19.1. The van der Waals surface area contributed by atoms with Gasteiger partial charge in [-0.2, -0.15) is 14.9 Å². The predicted molar refractivity (Wildman–Crippen MR) is 105 cm³/mol. The van der Waals surface area contributed by atoms with Gasteiger partial charge in [-0.25, -0.2) is 4.39 Å². The highest BCUT2D eigenvalue weighted by molar-refractivity contribution is 5.92. The normalized spacial score (nSPS) is 10.9. The molecule has 0 fully saturated rings. The summed E-state index contributed by atoms with van der Waals surface area (Å²) in [6.07, 6.45) is 0. The monoisotopic (exact) mass is 399 g/mol. The third-order valence-corrected chi connectivity index (χ3v) is 4.58. The van der Waals surface area contributed by atoms with Crippen LogP contribution < -0.4 is 10.9 Å². The maximum atomic E-state index is 14.0. The van der Waals surface area contributed by atoms with E-state index in [1.165, 1.54) is 30.3 Å². The van der Waals surface area contributed by atoms with E-state index in [1.54, 1.807) is 13.2 Å². The molecule has 2 heterocycles. The number of hydrogen-bond acceptors (Lipinski definition) is 5. The Morgan fingerprint density at radius 3 is 2.66 bits per heavy atom. The number of halogens is 1. The smallest absolute Gasteiger partial charge is 0.272 e. The van der Waals surface area contributed by atoms with E-state index in [2.05, 4.69) is 15.5 Å². The highest BCUT2D eigenvalue weighted by Gasteiger charge is 2.15. The summed E-state index contributed by atoms with van der Waals surface area (Å²) in [7, 11) is 1.63. The van der Waals surface area contributed by atoms with Crippen LogP contribution in [0, 0.1) is 19.7 Å². The maximum absolute atomic E-state index is 14.0. The van der Waals surface area contributed by atoms with Gasteiger partial charge in [0.1, 0.15) is 17.2 Å². The summed E-state index contributed by atoms with van der Waals surface area (Å²) in [5.41, 5.74) is 2.11. The van der Waals surface area contributed by atoms with Crippen LogP contribution in [0.2, 0.25) is 0 Å². The van der Waals surface area contributed by atoms with Crippen LogP contribution in [-0.4, -0.2) is 39.2 Å². The minimum absolute atomic E-state index is 0.00920. The number of benzene rings is 1. The van der Waals surface area contributed by atoms with Crippen molar-refractivity contribution in [2.24, 2.45) is 0 Å². The molecular weight excluding hydrogens is 377 g/mol. The van der Waals surface area contributed by atoms with E-state index >= 15 is 0 Å². The topological polar surface area (TPSA) is 91.0 Å². The fraction of sp³-hybridized carbons (Fsp3) is 0.300. The lowest BCUT2D eigenvalue weighted by molar-refractivity contribution is 0.0944. The number of aryl methyl sites for hydroxylation is 1. The molecule has 9 heteroatoms. The van der Waals surface area contributed by atoms with Crippen LogP contribution in [0.1, 0.15) is 27.4 Å². The summed E-state index contributed by atoms with van der Waals surface area (Å²) >= 11 is 0. The molecule has 0 atom stereocenters. The number of ether oxygens (including phenoxy) is 1. The van der Waals surface area contributed by atoms with Gasteiger partial charge in [-0.05, 0) is 32.0 Å². The molecule has 1 aromatic carbocycles. The maximum Gasteiger partial charge on any atom is 0.272 e. The number of methoxy groups -OCH3 is 1. The van der Waals surface area contributed by atoms with Crippen LogP contribution in [0.15, 0.2) is 41.2 Å².